The number of rotatable bonds is 1. The average molecular weight is 389 g/mol. The van der Waals surface area contributed by atoms with E-state index < -0.39 is 0 Å². The molecule has 0 saturated heterocycles. The summed E-state index contributed by atoms with van der Waals surface area (Å²) in [5.41, 5.74) is 8.93. The van der Waals surface area contributed by atoms with Gasteiger partial charge in [-0.3, -0.25) is 4.81 Å². The van der Waals surface area contributed by atoms with Crippen LogP contribution in [-0.2, 0) is 0 Å². The zero-order chi connectivity index (χ0) is 20.7. The van der Waals surface area contributed by atoms with Gasteiger partial charge in [-0.15, -0.1) is 0 Å². The van der Waals surface area contributed by atoms with Crippen LogP contribution in [0.1, 0.15) is 19.4 Å². The molecule has 0 saturated carbocycles. The summed E-state index contributed by atoms with van der Waals surface area (Å²) in [6.45, 7) is 7.91. The van der Waals surface area contributed by atoms with Crippen LogP contribution >= 0.6 is 0 Å². The number of nitrogens with zero attached hydrogens (tertiary/aromatic N) is 2. The first-order valence-electron chi connectivity index (χ1n) is 10.8. The van der Waals surface area contributed by atoms with Crippen LogP contribution in [0.5, 0.6) is 0 Å². The Morgan fingerprint density at radius 3 is 1.93 bits per heavy atom. The van der Waals surface area contributed by atoms with Gasteiger partial charge in [-0.25, -0.2) is 4.58 Å². The van der Waals surface area contributed by atoms with Crippen LogP contribution in [0.2, 0.25) is 6.82 Å². The highest BCUT2D eigenvalue weighted by atomic mass is 15.2. The van der Waals surface area contributed by atoms with Crippen LogP contribution in [0.4, 0.5) is 5.69 Å². The lowest BCUT2D eigenvalue weighted by atomic mass is 9.60. The molecule has 3 aromatic carbocycles. The van der Waals surface area contributed by atoms with E-state index in [0.29, 0.717) is 0 Å². The highest BCUT2D eigenvalue weighted by Gasteiger charge is 2.37. The third-order valence-electron chi connectivity index (χ3n) is 6.18. The molecule has 2 heterocycles. The van der Waals surface area contributed by atoms with Crippen molar-refractivity contribution in [2.45, 2.75) is 20.7 Å². The lowest BCUT2D eigenvalue weighted by Gasteiger charge is -2.30. The van der Waals surface area contributed by atoms with Crippen molar-refractivity contribution in [2.24, 2.45) is 0 Å². The smallest absolute Gasteiger partial charge is 0.291 e. The molecule has 0 unspecified atom stereocenters. The van der Waals surface area contributed by atoms with E-state index in [1.807, 2.05) is 0 Å². The lowest BCUT2D eigenvalue weighted by molar-refractivity contribution is -0.439. The Bertz CT molecular complexity index is 1220. The Labute approximate surface area is 179 Å². The van der Waals surface area contributed by atoms with Gasteiger partial charge in [-0.1, -0.05) is 72.7 Å². The normalized spacial score (nSPS) is 15.1. The summed E-state index contributed by atoms with van der Waals surface area (Å²) in [5, 5.41) is 0. The molecule has 5 rings (SSSR count). The number of hydrogen-bond acceptors (Lipinski definition) is 1. The fourth-order valence-corrected chi connectivity index (χ4v) is 4.85. The molecule has 0 bridgehead atoms. The molecular formula is C27H26BN2+. The maximum absolute atomic E-state index is 2.48. The van der Waals surface area contributed by atoms with Gasteiger partial charge in [0.15, 0.2) is 0 Å². The Hall–Kier alpha value is -3.33. The molecule has 3 aromatic rings. The van der Waals surface area contributed by atoms with E-state index in [4.69, 9.17) is 0 Å². The molecule has 0 aliphatic carbocycles. The third kappa shape index (κ3) is 2.85. The monoisotopic (exact) mass is 389 g/mol. The molecule has 146 valence electrons. The zero-order valence-electron chi connectivity index (χ0n) is 17.8. The van der Waals surface area contributed by atoms with Crippen molar-refractivity contribution in [1.82, 2.24) is 4.81 Å². The minimum atomic E-state index is 0.286. The van der Waals surface area contributed by atoms with Gasteiger partial charge in [0, 0.05) is 5.56 Å². The summed E-state index contributed by atoms with van der Waals surface area (Å²) in [4.78, 5) is 2.48. The largest absolute Gasteiger partial charge is 0.401 e. The number of hydrogen-bond donors (Lipinski definition) is 0. The maximum atomic E-state index is 2.48. The Balaban J connectivity index is 1.94. The minimum absolute atomic E-state index is 0.286. The van der Waals surface area contributed by atoms with Gasteiger partial charge in [0.05, 0.1) is 17.8 Å². The van der Waals surface area contributed by atoms with E-state index >= 15 is 0 Å². The van der Waals surface area contributed by atoms with Crippen LogP contribution < -0.4 is 0 Å². The molecule has 0 aromatic heterocycles. The minimum Gasteiger partial charge on any atom is -0.291 e. The molecule has 2 nitrogen and oxygen atoms in total. The number of para-hydroxylation sites is 1. The summed E-state index contributed by atoms with van der Waals surface area (Å²) in [6.07, 6.45) is 4.38. The highest BCUT2D eigenvalue weighted by Crippen LogP contribution is 2.41. The highest BCUT2D eigenvalue weighted by molar-refractivity contribution is 6.64. The van der Waals surface area contributed by atoms with Crippen molar-refractivity contribution >= 4 is 18.4 Å². The van der Waals surface area contributed by atoms with Crippen LogP contribution in [0.3, 0.4) is 0 Å². The van der Waals surface area contributed by atoms with E-state index in [2.05, 4.69) is 121 Å². The predicted octanol–water partition coefficient (Wildman–Crippen LogP) is 6.38. The molecule has 2 aliphatic rings. The molecule has 0 amide bonds. The summed E-state index contributed by atoms with van der Waals surface area (Å²) in [6, 6.07) is 26.5. The molecule has 2 aliphatic heterocycles. The Morgan fingerprint density at radius 2 is 1.30 bits per heavy atom. The van der Waals surface area contributed by atoms with E-state index in [1.54, 1.807) is 0 Å². The Morgan fingerprint density at radius 1 is 0.767 bits per heavy atom. The van der Waals surface area contributed by atoms with Gasteiger partial charge in [-0.05, 0) is 55.6 Å². The van der Waals surface area contributed by atoms with Gasteiger partial charge in [-0.2, -0.15) is 0 Å². The average Bonchev–Trinajstić information content (AvgIpc) is 2.78. The van der Waals surface area contributed by atoms with Crippen molar-refractivity contribution in [3.8, 4) is 22.3 Å². The van der Waals surface area contributed by atoms with Crippen molar-refractivity contribution in [1.29, 1.82) is 0 Å². The van der Waals surface area contributed by atoms with Crippen LogP contribution in [0, 0.1) is 0 Å². The van der Waals surface area contributed by atoms with Crippen molar-refractivity contribution < 1.29 is 4.58 Å². The van der Waals surface area contributed by atoms with Gasteiger partial charge in [0.1, 0.15) is 5.69 Å². The fourth-order valence-electron chi connectivity index (χ4n) is 4.85. The van der Waals surface area contributed by atoms with Gasteiger partial charge in [0.2, 0.25) is 0 Å². The molecule has 0 radical (unpaired) electrons. The standard InChI is InChI=1S/C27H26BN2/c1-4-29-26-18-10-9-16-24(26)22-14-6-5-13-21(22)23-15-7-8-17-25(23)27(29)30-20(2)12-11-19-28(30)3/h5-19H,4H2,1-3H3/q+1. The summed E-state index contributed by atoms with van der Waals surface area (Å²) in [7, 11) is 0. The van der Waals surface area contributed by atoms with Crippen molar-refractivity contribution in [3.63, 3.8) is 0 Å². The third-order valence-corrected chi connectivity index (χ3v) is 6.18. The first kappa shape index (κ1) is 18.7. The van der Waals surface area contributed by atoms with Crippen molar-refractivity contribution in [2.75, 3.05) is 6.54 Å². The van der Waals surface area contributed by atoms with Crippen LogP contribution in [0.25, 0.3) is 22.3 Å². The second-order valence-electron chi connectivity index (χ2n) is 7.98. The summed E-state index contributed by atoms with van der Waals surface area (Å²) in [5.74, 6) is 3.52. The van der Waals surface area contributed by atoms with Crippen LogP contribution in [-0.4, -0.2) is 28.6 Å². The second kappa shape index (κ2) is 7.49. The second-order valence-corrected chi connectivity index (χ2v) is 7.98. The van der Waals surface area contributed by atoms with Gasteiger partial charge >= 0.3 is 6.85 Å². The van der Waals surface area contributed by atoms with E-state index in [0.717, 1.165) is 6.54 Å². The summed E-state index contributed by atoms with van der Waals surface area (Å²) >= 11 is 0. The quantitative estimate of drug-likeness (QED) is 0.346. The lowest BCUT2D eigenvalue weighted by Crippen LogP contribution is -2.45. The van der Waals surface area contributed by atoms with Crippen LogP contribution in [0.15, 0.2) is 96.6 Å². The molecule has 3 heteroatoms. The number of amidine groups is 1. The SMILES string of the molecule is CC[N+]1=C(N2B(C)C=CC=C2C)c2ccccc2-c2ccccc2-c2ccccc21. The van der Waals surface area contributed by atoms with Gasteiger partial charge in [0.25, 0.3) is 5.84 Å². The molecule has 0 spiro atoms. The van der Waals surface area contributed by atoms with E-state index in [1.165, 1.54) is 45.0 Å². The Kier molecular flexibility index (Phi) is 4.67. The molecular weight excluding hydrogens is 363 g/mol. The van der Waals surface area contributed by atoms with E-state index in [-0.39, 0.29) is 6.85 Å². The molecule has 0 fully saturated rings. The number of fused-ring (bicyclic) bond motifs is 5. The van der Waals surface area contributed by atoms with Crippen molar-refractivity contribution in [3.05, 3.63) is 102 Å². The predicted molar refractivity (Wildman–Crippen MR) is 128 cm³/mol. The number of allylic oxidation sites excluding steroid dienone is 3. The van der Waals surface area contributed by atoms with Gasteiger partial charge < -0.3 is 0 Å². The zero-order valence-corrected chi connectivity index (χ0v) is 17.8. The molecule has 0 atom stereocenters. The first-order chi connectivity index (χ1) is 14.7. The molecule has 0 N–H and O–H groups in total. The number of benzene rings is 3. The fraction of sp³-hybridized carbons (Fsp3) is 0.148. The maximum Gasteiger partial charge on any atom is 0.401 e. The molecule has 30 heavy (non-hydrogen) atoms. The topological polar surface area (TPSA) is 6.25 Å². The summed E-state index contributed by atoms with van der Waals surface area (Å²) < 4.78 is 2.48. The first-order valence-corrected chi connectivity index (χ1v) is 10.8. The van der Waals surface area contributed by atoms with E-state index in [9.17, 15) is 0 Å².